The molecule has 0 saturated carbocycles. The van der Waals surface area contributed by atoms with E-state index in [1.165, 1.54) is 4.70 Å². The number of nitrogens with one attached hydrogen (secondary N) is 1. The van der Waals surface area contributed by atoms with Crippen molar-refractivity contribution in [2.24, 2.45) is 0 Å². The van der Waals surface area contributed by atoms with E-state index in [1.54, 1.807) is 47.4 Å². The van der Waals surface area contributed by atoms with Crippen molar-refractivity contribution in [1.82, 2.24) is 15.2 Å². The molecule has 1 N–H and O–H groups in total. The maximum atomic E-state index is 13.3. The van der Waals surface area contributed by atoms with Gasteiger partial charge in [0.25, 0.3) is 5.91 Å². The first-order chi connectivity index (χ1) is 15.6. The van der Waals surface area contributed by atoms with Crippen molar-refractivity contribution in [3.8, 4) is 0 Å². The van der Waals surface area contributed by atoms with E-state index < -0.39 is 6.04 Å². The topological polar surface area (TPSA) is 62.3 Å². The maximum Gasteiger partial charge on any atom is 0.253 e. The van der Waals surface area contributed by atoms with Crippen LogP contribution in [0.5, 0.6) is 0 Å². The number of likely N-dealkylation sites (tertiary alicyclic amines) is 1. The first kappa shape index (κ1) is 23.1. The molecule has 4 rings (SSSR count). The van der Waals surface area contributed by atoms with E-state index >= 15 is 0 Å². The molecule has 0 radical (unpaired) electrons. The smallest absolute Gasteiger partial charge is 0.253 e. The Morgan fingerprint density at radius 1 is 1.19 bits per heavy atom. The highest BCUT2D eigenvalue weighted by atomic mass is 35.5. The third kappa shape index (κ3) is 5.27. The second-order valence-corrected chi connectivity index (χ2v) is 10.4. The Kier molecular flexibility index (Phi) is 7.71. The van der Waals surface area contributed by atoms with E-state index in [0.717, 1.165) is 29.1 Å². The molecule has 2 aromatic carbocycles. The van der Waals surface area contributed by atoms with Crippen molar-refractivity contribution in [1.29, 1.82) is 0 Å². The predicted octanol–water partition coefficient (Wildman–Crippen LogP) is 5.21. The van der Waals surface area contributed by atoms with Crippen LogP contribution in [0, 0.1) is 0 Å². The quantitative estimate of drug-likeness (QED) is 0.497. The lowest BCUT2D eigenvalue weighted by Crippen LogP contribution is -2.50. The zero-order valence-electron chi connectivity index (χ0n) is 17.9. The number of aromatic nitrogens is 1. The number of carbonyl (C=O) groups is 2. The third-order valence-electron chi connectivity index (χ3n) is 5.80. The highest BCUT2D eigenvalue weighted by Crippen LogP contribution is 2.34. The minimum absolute atomic E-state index is 0.0118. The van der Waals surface area contributed by atoms with Crippen LogP contribution in [-0.4, -0.2) is 52.8 Å². The molecule has 0 bridgehead atoms. The summed E-state index contributed by atoms with van der Waals surface area (Å²) in [7, 11) is 0. The molecule has 8 heteroatoms. The van der Waals surface area contributed by atoms with E-state index in [-0.39, 0.29) is 11.8 Å². The van der Waals surface area contributed by atoms with E-state index in [2.05, 4.69) is 11.4 Å². The van der Waals surface area contributed by atoms with Crippen LogP contribution in [0.4, 0.5) is 0 Å². The number of carbonyl (C=O) groups excluding carboxylic acids is 2. The summed E-state index contributed by atoms with van der Waals surface area (Å²) >= 11 is 9.59. The fraction of sp³-hybridized carbons (Fsp3) is 0.375. The molecule has 1 unspecified atom stereocenters. The molecule has 5 nitrogen and oxygen atoms in total. The van der Waals surface area contributed by atoms with Gasteiger partial charge >= 0.3 is 0 Å². The molecule has 1 atom stereocenters. The first-order valence-electron chi connectivity index (χ1n) is 10.8. The lowest BCUT2D eigenvalue weighted by Gasteiger charge is -2.34. The average molecular weight is 488 g/mol. The summed E-state index contributed by atoms with van der Waals surface area (Å²) in [4.78, 5) is 32.8. The van der Waals surface area contributed by atoms with Gasteiger partial charge in [-0.3, -0.25) is 9.59 Å². The van der Waals surface area contributed by atoms with Crippen molar-refractivity contribution in [3.63, 3.8) is 0 Å². The Balaban J connectivity index is 1.40. The molecule has 1 saturated heterocycles. The molecule has 32 heavy (non-hydrogen) atoms. The van der Waals surface area contributed by atoms with Crippen LogP contribution in [0.15, 0.2) is 48.5 Å². The third-order valence-corrected chi connectivity index (χ3v) is 7.97. The Hall–Kier alpha value is -2.09. The van der Waals surface area contributed by atoms with Crippen LogP contribution in [0.1, 0.15) is 40.5 Å². The fourth-order valence-corrected chi connectivity index (χ4v) is 5.84. The monoisotopic (exact) mass is 487 g/mol. The Bertz CT molecular complexity index is 1060. The zero-order chi connectivity index (χ0) is 22.5. The Morgan fingerprint density at radius 2 is 1.91 bits per heavy atom. The van der Waals surface area contributed by atoms with Gasteiger partial charge in [-0.15, -0.1) is 11.3 Å². The van der Waals surface area contributed by atoms with Gasteiger partial charge in [-0.1, -0.05) is 35.9 Å². The summed E-state index contributed by atoms with van der Waals surface area (Å²) in [5.41, 5.74) is 1.44. The van der Waals surface area contributed by atoms with Gasteiger partial charge in [0.1, 0.15) is 6.04 Å². The summed E-state index contributed by atoms with van der Waals surface area (Å²) < 4.78 is 1.21. The summed E-state index contributed by atoms with van der Waals surface area (Å²) in [6, 6.07) is 14.6. The molecule has 0 aliphatic carbocycles. The van der Waals surface area contributed by atoms with Crippen LogP contribution in [-0.2, 0) is 4.79 Å². The number of rotatable bonds is 7. The van der Waals surface area contributed by atoms with Gasteiger partial charge < -0.3 is 10.2 Å². The number of halogens is 1. The van der Waals surface area contributed by atoms with Gasteiger partial charge in [-0.2, -0.15) is 11.8 Å². The zero-order valence-corrected chi connectivity index (χ0v) is 20.3. The van der Waals surface area contributed by atoms with Crippen molar-refractivity contribution in [3.05, 3.63) is 64.1 Å². The molecule has 168 valence electrons. The SMILES string of the molecule is CSCCC(NC(=O)c1ccccc1Cl)C(=O)N1CCC(c2nc3ccccc3s2)CC1. The number of benzene rings is 2. The highest BCUT2D eigenvalue weighted by molar-refractivity contribution is 7.98. The average Bonchev–Trinajstić information content (AvgIpc) is 3.26. The van der Waals surface area contributed by atoms with Gasteiger partial charge in [0, 0.05) is 19.0 Å². The van der Waals surface area contributed by atoms with E-state index in [9.17, 15) is 9.59 Å². The van der Waals surface area contributed by atoms with Crippen molar-refractivity contribution < 1.29 is 9.59 Å². The van der Waals surface area contributed by atoms with Crippen LogP contribution >= 0.6 is 34.7 Å². The minimum atomic E-state index is -0.551. The molecule has 0 spiro atoms. The molecular formula is C24H26ClN3O2S2. The van der Waals surface area contributed by atoms with E-state index in [0.29, 0.717) is 36.0 Å². The highest BCUT2D eigenvalue weighted by Gasteiger charge is 2.31. The second kappa shape index (κ2) is 10.7. The molecule has 2 heterocycles. The number of hydrogen-bond donors (Lipinski definition) is 1. The number of para-hydroxylation sites is 1. The predicted molar refractivity (Wildman–Crippen MR) is 134 cm³/mol. The Labute approximate surface area is 201 Å². The first-order valence-corrected chi connectivity index (χ1v) is 13.3. The second-order valence-electron chi connectivity index (χ2n) is 7.91. The van der Waals surface area contributed by atoms with E-state index in [1.807, 2.05) is 29.4 Å². The normalized spacial score (nSPS) is 15.6. The molecule has 1 aromatic heterocycles. The summed E-state index contributed by atoms with van der Waals surface area (Å²) in [5, 5.41) is 4.47. The maximum absolute atomic E-state index is 13.3. The lowest BCUT2D eigenvalue weighted by atomic mass is 9.96. The minimum Gasteiger partial charge on any atom is -0.341 e. The molecule has 1 aliphatic heterocycles. The van der Waals surface area contributed by atoms with Crippen molar-refractivity contribution in [2.45, 2.75) is 31.2 Å². The molecule has 1 fully saturated rings. The molecule has 3 aromatic rings. The van der Waals surface area contributed by atoms with Gasteiger partial charge in [0.05, 0.1) is 25.8 Å². The molecule has 2 amide bonds. The van der Waals surface area contributed by atoms with E-state index in [4.69, 9.17) is 16.6 Å². The van der Waals surface area contributed by atoms with Crippen LogP contribution in [0.3, 0.4) is 0 Å². The van der Waals surface area contributed by atoms with Gasteiger partial charge in [-0.25, -0.2) is 4.98 Å². The van der Waals surface area contributed by atoms with Gasteiger partial charge in [-0.05, 0) is 55.5 Å². The number of thioether (sulfide) groups is 1. The number of thiazole rings is 1. The number of piperidine rings is 1. The number of hydrogen-bond acceptors (Lipinski definition) is 5. The number of amides is 2. The largest absolute Gasteiger partial charge is 0.341 e. The molecule has 1 aliphatic rings. The summed E-state index contributed by atoms with van der Waals surface area (Å²) in [5.74, 6) is 0.849. The van der Waals surface area contributed by atoms with Gasteiger partial charge in [0.15, 0.2) is 0 Å². The number of fused-ring (bicyclic) bond motifs is 1. The standard InChI is InChI=1S/C24H26ClN3O2S2/c1-31-15-12-20(26-22(29)17-6-2-3-7-18(17)25)24(30)28-13-10-16(11-14-28)23-27-19-8-4-5-9-21(19)32-23/h2-9,16,20H,10-15H2,1H3,(H,26,29). The Morgan fingerprint density at radius 3 is 2.62 bits per heavy atom. The molecular weight excluding hydrogens is 462 g/mol. The van der Waals surface area contributed by atoms with Crippen LogP contribution in [0.25, 0.3) is 10.2 Å². The van der Waals surface area contributed by atoms with Crippen LogP contribution < -0.4 is 5.32 Å². The summed E-state index contributed by atoms with van der Waals surface area (Å²) in [6.45, 7) is 1.36. The lowest BCUT2D eigenvalue weighted by molar-refractivity contribution is -0.134. The number of nitrogens with zero attached hydrogens (tertiary/aromatic N) is 2. The fourth-order valence-electron chi connectivity index (χ4n) is 4.01. The van der Waals surface area contributed by atoms with Crippen LogP contribution in [0.2, 0.25) is 5.02 Å². The summed E-state index contributed by atoms with van der Waals surface area (Å²) in [6.07, 6.45) is 4.37. The van der Waals surface area contributed by atoms with Crippen molar-refractivity contribution >= 4 is 56.7 Å². The van der Waals surface area contributed by atoms with Crippen molar-refractivity contribution in [2.75, 3.05) is 25.1 Å². The van der Waals surface area contributed by atoms with Gasteiger partial charge in [0.2, 0.25) is 5.91 Å².